The van der Waals surface area contributed by atoms with Crippen LogP contribution in [0.1, 0.15) is 38.1 Å². The lowest BCUT2D eigenvalue weighted by Gasteiger charge is -2.36. The van der Waals surface area contributed by atoms with Crippen LogP contribution in [0.2, 0.25) is 18.1 Å². The van der Waals surface area contributed by atoms with Crippen LogP contribution in [0.15, 0.2) is 48.5 Å². The minimum Gasteiger partial charge on any atom is -0.543 e. The molecule has 0 heterocycles. The van der Waals surface area contributed by atoms with Crippen molar-refractivity contribution in [2.45, 2.75) is 45.8 Å². The largest absolute Gasteiger partial charge is 0.543 e. The molecule has 24 heavy (non-hydrogen) atoms. The SMILES string of the molecule is CC(=O)c1ccccc1Nc1cccc(O[Si](C)(C)C(C)(C)C)c1. The average molecular weight is 342 g/mol. The molecular formula is C20H27NO2Si. The molecule has 0 aromatic heterocycles. The van der Waals surface area contributed by atoms with Crippen molar-refractivity contribution in [3.63, 3.8) is 0 Å². The predicted octanol–water partition coefficient (Wildman–Crippen LogP) is 6.02. The fourth-order valence-electron chi connectivity index (χ4n) is 2.14. The number of rotatable bonds is 5. The van der Waals surface area contributed by atoms with Gasteiger partial charge in [-0.05, 0) is 49.3 Å². The third-order valence-corrected chi connectivity index (χ3v) is 8.96. The predicted molar refractivity (Wildman–Crippen MR) is 104 cm³/mol. The first-order valence-electron chi connectivity index (χ1n) is 8.26. The standard InChI is InChI=1S/C20H27NO2Si/c1-15(22)18-12-7-8-13-19(18)21-16-10-9-11-17(14-16)23-24(5,6)20(2,3)4/h7-14,21H,1-6H3. The second-order valence-electron chi connectivity index (χ2n) is 7.62. The lowest BCUT2D eigenvalue weighted by atomic mass is 10.1. The van der Waals surface area contributed by atoms with E-state index >= 15 is 0 Å². The fourth-order valence-corrected chi connectivity index (χ4v) is 3.16. The Kier molecular flexibility index (Phi) is 5.18. The van der Waals surface area contributed by atoms with Gasteiger partial charge in [-0.1, -0.05) is 39.0 Å². The highest BCUT2D eigenvalue weighted by atomic mass is 28.4. The van der Waals surface area contributed by atoms with Gasteiger partial charge < -0.3 is 9.74 Å². The molecule has 0 saturated heterocycles. The summed E-state index contributed by atoms with van der Waals surface area (Å²) in [5.41, 5.74) is 2.42. The molecule has 128 valence electrons. The molecular weight excluding hydrogens is 314 g/mol. The van der Waals surface area contributed by atoms with E-state index in [-0.39, 0.29) is 10.8 Å². The number of carbonyl (C=O) groups is 1. The molecule has 0 bridgehead atoms. The molecule has 2 aromatic rings. The second-order valence-corrected chi connectivity index (χ2v) is 12.3. The Morgan fingerprint density at radius 2 is 1.71 bits per heavy atom. The lowest BCUT2D eigenvalue weighted by molar-refractivity contribution is 0.101. The monoisotopic (exact) mass is 341 g/mol. The number of nitrogens with one attached hydrogen (secondary N) is 1. The molecule has 0 saturated carbocycles. The van der Waals surface area contributed by atoms with Crippen molar-refractivity contribution in [2.75, 3.05) is 5.32 Å². The zero-order chi connectivity index (χ0) is 18.0. The van der Waals surface area contributed by atoms with Crippen LogP contribution >= 0.6 is 0 Å². The van der Waals surface area contributed by atoms with Crippen molar-refractivity contribution >= 4 is 25.5 Å². The molecule has 3 nitrogen and oxygen atoms in total. The third-order valence-electron chi connectivity index (χ3n) is 4.60. The molecule has 1 N–H and O–H groups in total. The van der Waals surface area contributed by atoms with E-state index < -0.39 is 8.32 Å². The van der Waals surface area contributed by atoms with Crippen molar-refractivity contribution in [3.8, 4) is 5.75 Å². The summed E-state index contributed by atoms with van der Waals surface area (Å²) in [6.45, 7) is 12.7. The van der Waals surface area contributed by atoms with Gasteiger partial charge in [-0.15, -0.1) is 0 Å². The highest BCUT2D eigenvalue weighted by molar-refractivity contribution is 6.74. The molecule has 4 heteroatoms. The van der Waals surface area contributed by atoms with E-state index in [2.05, 4.69) is 39.2 Å². The first kappa shape index (κ1) is 18.3. The van der Waals surface area contributed by atoms with Crippen molar-refractivity contribution in [1.82, 2.24) is 0 Å². The highest BCUT2D eigenvalue weighted by Crippen LogP contribution is 2.38. The molecule has 0 radical (unpaired) electrons. The van der Waals surface area contributed by atoms with Crippen molar-refractivity contribution in [2.24, 2.45) is 0 Å². The van der Waals surface area contributed by atoms with Crippen molar-refractivity contribution < 1.29 is 9.22 Å². The average Bonchev–Trinajstić information content (AvgIpc) is 2.46. The topological polar surface area (TPSA) is 38.3 Å². The zero-order valence-corrected chi connectivity index (χ0v) is 16.4. The quantitative estimate of drug-likeness (QED) is 0.534. The van der Waals surface area contributed by atoms with Gasteiger partial charge in [-0.2, -0.15) is 0 Å². The Morgan fingerprint density at radius 3 is 2.33 bits per heavy atom. The maximum atomic E-state index is 11.8. The molecule has 0 aliphatic heterocycles. The van der Waals surface area contributed by atoms with Gasteiger partial charge in [-0.3, -0.25) is 4.79 Å². The minimum atomic E-state index is -1.87. The summed E-state index contributed by atoms with van der Waals surface area (Å²) in [5.74, 6) is 0.915. The van der Waals surface area contributed by atoms with Crippen LogP contribution in [0.3, 0.4) is 0 Å². The molecule has 0 amide bonds. The molecule has 2 rings (SSSR count). The Balaban J connectivity index is 2.25. The maximum Gasteiger partial charge on any atom is 0.250 e. The molecule has 0 aliphatic rings. The van der Waals surface area contributed by atoms with Gasteiger partial charge in [0.05, 0.1) is 0 Å². The van der Waals surface area contributed by atoms with Crippen LogP contribution in [0.5, 0.6) is 5.75 Å². The van der Waals surface area contributed by atoms with E-state index in [1.807, 2.05) is 48.5 Å². The summed E-state index contributed by atoms with van der Waals surface area (Å²) in [7, 11) is -1.87. The smallest absolute Gasteiger partial charge is 0.250 e. The lowest BCUT2D eigenvalue weighted by Crippen LogP contribution is -2.43. The number of benzene rings is 2. The Labute approximate surface area is 146 Å². The van der Waals surface area contributed by atoms with Gasteiger partial charge >= 0.3 is 0 Å². The fraction of sp³-hybridized carbons (Fsp3) is 0.350. The number of hydrogen-bond donors (Lipinski definition) is 1. The van der Waals surface area contributed by atoms with E-state index in [1.54, 1.807) is 6.92 Å². The number of anilines is 2. The summed E-state index contributed by atoms with van der Waals surface area (Å²) in [5, 5.41) is 3.48. The van der Waals surface area contributed by atoms with E-state index in [1.165, 1.54) is 0 Å². The van der Waals surface area contributed by atoms with Crippen LogP contribution in [0.4, 0.5) is 11.4 Å². The number of carbonyl (C=O) groups excluding carboxylic acids is 1. The number of para-hydroxylation sites is 1. The van der Waals surface area contributed by atoms with Crippen molar-refractivity contribution in [3.05, 3.63) is 54.1 Å². The van der Waals surface area contributed by atoms with Gasteiger partial charge in [0.15, 0.2) is 5.78 Å². The van der Waals surface area contributed by atoms with Gasteiger partial charge in [0.25, 0.3) is 0 Å². The van der Waals surface area contributed by atoms with Crippen LogP contribution < -0.4 is 9.74 Å². The third kappa shape index (κ3) is 4.26. The Morgan fingerprint density at radius 1 is 1.04 bits per heavy atom. The number of Topliss-reactive ketones (excluding diaryl/α,β-unsaturated/α-hetero) is 1. The van der Waals surface area contributed by atoms with Crippen LogP contribution in [0, 0.1) is 0 Å². The van der Waals surface area contributed by atoms with Gasteiger partial charge in [-0.25, -0.2) is 0 Å². The molecule has 0 fully saturated rings. The molecule has 0 spiro atoms. The van der Waals surface area contributed by atoms with Crippen LogP contribution in [-0.2, 0) is 0 Å². The number of ketones is 1. The summed E-state index contributed by atoms with van der Waals surface area (Å²) < 4.78 is 6.35. The summed E-state index contributed by atoms with van der Waals surface area (Å²) >= 11 is 0. The molecule has 2 aromatic carbocycles. The number of hydrogen-bond acceptors (Lipinski definition) is 3. The highest BCUT2D eigenvalue weighted by Gasteiger charge is 2.38. The van der Waals surface area contributed by atoms with Crippen molar-refractivity contribution in [1.29, 1.82) is 0 Å². The first-order chi connectivity index (χ1) is 11.1. The van der Waals surface area contributed by atoms with E-state index in [9.17, 15) is 4.79 Å². The first-order valence-corrected chi connectivity index (χ1v) is 11.2. The molecule has 0 atom stereocenters. The maximum absolute atomic E-state index is 11.8. The second kappa shape index (κ2) is 6.81. The molecule has 0 unspecified atom stereocenters. The van der Waals surface area contributed by atoms with E-state index in [4.69, 9.17) is 4.43 Å². The Bertz CT molecular complexity index is 732. The summed E-state index contributed by atoms with van der Waals surface area (Å²) in [4.78, 5) is 11.8. The van der Waals surface area contributed by atoms with E-state index in [0.29, 0.717) is 5.56 Å². The summed E-state index contributed by atoms with van der Waals surface area (Å²) in [6, 6.07) is 15.5. The summed E-state index contributed by atoms with van der Waals surface area (Å²) in [6.07, 6.45) is 0. The van der Waals surface area contributed by atoms with Crippen LogP contribution in [-0.4, -0.2) is 14.1 Å². The van der Waals surface area contributed by atoms with Gasteiger partial charge in [0.1, 0.15) is 5.75 Å². The van der Waals surface area contributed by atoms with E-state index in [0.717, 1.165) is 17.1 Å². The molecule has 0 aliphatic carbocycles. The Hall–Kier alpha value is -2.07. The zero-order valence-electron chi connectivity index (χ0n) is 15.4. The van der Waals surface area contributed by atoms with Gasteiger partial charge in [0.2, 0.25) is 8.32 Å². The van der Waals surface area contributed by atoms with Gasteiger partial charge in [0, 0.05) is 23.0 Å². The normalized spacial score (nSPS) is 11.9. The van der Waals surface area contributed by atoms with Crippen LogP contribution in [0.25, 0.3) is 0 Å². The minimum absolute atomic E-state index is 0.0479.